The Kier molecular flexibility index (Phi) is 3.54. The van der Waals surface area contributed by atoms with Crippen LogP contribution in [-0.2, 0) is 6.54 Å². The van der Waals surface area contributed by atoms with Gasteiger partial charge in [0, 0.05) is 10.6 Å². The summed E-state index contributed by atoms with van der Waals surface area (Å²) in [5, 5.41) is 3.94. The van der Waals surface area contributed by atoms with Gasteiger partial charge < -0.3 is 11.1 Å². The zero-order valence-corrected chi connectivity index (χ0v) is 11.3. The molecule has 1 aromatic heterocycles. The lowest BCUT2D eigenvalue weighted by atomic mass is 10.2. The SMILES string of the molecule is Cc1cc(N)c(Cl)cc1NCc1scnc1C. The number of rotatable bonds is 3. The molecule has 0 amide bonds. The molecule has 3 N–H and O–H groups in total. The summed E-state index contributed by atoms with van der Waals surface area (Å²) in [6, 6.07) is 3.74. The molecule has 0 aliphatic carbocycles. The first-order valence-electron chi connectivity index (χ1n) is 5.26. The number of thiazole rings is 1. The van der Waals surface area contributed by atoms with E-state index in [-0.39, 0.29) is 0 Å². The summed E-state index contributed by atoms with van der Waals surface area (Å²) in [4.78, 5) is 5.45. The van der Waals surface area contributed by atoms with Crippen LogP contribution in [0.5, 0.6) is 0 Å². The monoisotopic (exact) mass is 267 g/mol. The van der Waals surface area contributed by atoms with Crippen LogP contribution in [0.15, 0.2) is 17.6 Å². The maximum absolute atomic E-state index is 6.00. The molecule has 0 unspecified atom stereocenters. The van der Waals surface area contributed by atoms with Crippen LogP contribution in [0.1, 0.15) is 16.1 Å². The highest BCUT2D eigenvalue weighted by Gasteiger charge is 2.05. The van der Waals surface area contributed by atoms with Crippen LogP contribution in [0, 0.1) is 13.8 Å². The van der Waals surface area contributed by atoms with Gasteiger partial charge in [-0.3, -0.25) is 0 Å². The van der Waals surface area contributed by atoms with Crippen molar-refractivity contribution in [1.82, 2.24) is 4.98 Å². The van der Waals surface area contributed by atoms with Crippen LogP contribution in [0.3, 0.4) is 0 Å². The van der Waals surface area contributed by atoms with Gasteiger partial charge in [0.2, 0.25) is 0 Å². The van der Waals surface area contributed by atoms with E-state index in [2.05, 4.69) is 10.3 Å². The third kappa shape index (κ3) is 2.70. The summed E-state index contributed by atoms with van der Waals surface area (Å²) in [5.41, 5.74) is 11.4. The molecule has 17 heavy (non-hydrogen) atoms. The molecular formula is C12H14ClN3S. The molecule has 90 valence electrons. The second-order valence-corrected chi connectivity index (χ2v) is 5.25. The van der Waals surface area contributed by atoms with Crippen molar-refractivity contribution in [3.63, 3.8) is 0 Å². The van der Waals surface area contributed by atoms with Crippen LogP contribution in [-0.4, -0.2) is 4.98 Å². The highest BCUT2D eigenvalue weighted by Crippen LogP contribution is 2.27. The number of aromatic nitrogens is 1. The minimum absolute atomic E-state index is 0.583. The molecule has 0 saturated heterocycles. The Bertz CT molecular complexity index is 537. The van der Waals surface area contributed by atoms with Gasteiger partial charge in [-0.15, -0.1) is 11.3 Å². The average molecular weight is 268 g/mol. The number of nitrogens with zero attached hydrogens (tertiary/aromatic N) is 1. The lowest BCUT2D eigenvalue weighted by molar-refractivity contribution is 1.12. The molecule has 0 fully saturated rings. The van der Waals surface area contributed by atoms with E-state index in [1.165, 1.54) is 4.88 Å². The molecule has 0 atom stereocenters. The zero-order chi connectivity index (χ0) is 12.4. The number of nitrogens with two attached hydrogens (primary N) is 1. The molecule has 0 saturated carbocycles. The quantitative estimate of drug-likeness (QED) is 0.836. The molecule has 1 aromatic carbocycles. The Morgan fingerprint density at radius 3 is 2.82 bits per heavy atom. The van der Waals surface area contributed by atoms with Crippen LogP contribution in [0.25, 0.3) is 0 Å². The van der Waals surface area contributed by atoms with E-state index < -0.39 is 0 Å². The number of nitrogen functional groups attached to an aromatic ring is 1. The van der Waals surface area contributed by atoms with E-state index in [9.17, 15) is 0 Å². The fourth-order valence-electron chi connectivity index (χ4n) is 1.57. The Balaban J connectivity index is 2.14. The number of benzene rings is 1. The molecule has 1 heterocycles. The Hall–Kier alpha value is -1.26. The maximum atomic E-state index is 6.00. The minimum Gasteiger partial charge on any atom is -0.398 e. The van der Waals surface area contributed by atoms with E-state index in [1.54, 1.807) is 11.3 Å². The van der Waals surface area contributed by atoms with E-state index in [0.717, 1.165) is 23.5 Å². The summed E-state index contributed by atoms with van der Waals surface area (Å²) >= 11 is 7.65. The fraction of sp³-hybridized carbons (Fsp3) is 0.250. The van der Waals surface area contributed by atoms with Gasteiger partial charge in [-0.05, 0) is 31.5 Å². The summed E-state index contributed by atoms with van der Waals surface area (Å²) in [5.74, 6) is 0. The topological polar surface area (TPSA) is 50.9 Å². The van der Waals surface area contributed by atoms with Gasteiger partial charge in [-0.25, -0.2) is 4.98 Å². The first-order valence-corrected chi connectivity index (χ1v) is 6.52. The van der Waals surface area contributed by atoms with Crippen molar-refractivity contribution in [2.45, 2.75) is 20.4 Å². The molecule has 2 aromatic rings. The number of halogens is 1. The van der Waals surface area contributed by atoms with Crippen molar-refractivity contribution >= 4 is 34.3 Å². The van der Waals surface area contributed by atoms with E-state index in [0.29, 0.717) is 10.7 Å². The predicted molar refractivity (Wildman–Crippen MR) is 74.8 cm³/mol. The normalized spacial score (nSPS) is 10.5. The molecule has 0 spiro atoms. The fourth-order valence-corrected chi connectivity index (χ4v) is 2.45. The smallest absolute Gasteiger partial charge is 0.0798 e. The number of nitrogens with one attached hydrogen (secondary N) is 1. The van der Waals surface area contributed by atoms with Crippen LogP contribution in [0.4, 0.5) is 11.4 Å². The minimum atomic E-state index is 0.583. The molecule has 0 aliphatic heterocycles. The van der Waals surface area contributed by atoms with Gasteiger partial charge in [0.1, 0.15) is 0 Å². The van der Waals surface area contributed by atoms with Crippen molar-refractivity contribution in [2.75, 3.05) is 11.1 Å². The highest BCUT2D eigenvalue weighted by molar-refractivity contribution is 7.09. The number of hydrogen-bond acceptors (Lipinski definition) is 4. The van der Waals surface area contributed by atoms with E-state index >= 15 is 0 Å². The summed E-state index contributed by atoms with van der Waals surface area (Å²) in [6.07, 6.45) is 0. The second kappa shape index (κ2) is 4.94. The first kappa shape index (κ1) is 12.2. The Morgan fingerprint density at radius 1 is 1.41 bits per heavy atom. The lowest BCUT2D eigenvalue weighted by Crippen LogP contribution is -2.01. The highest BCUT2D eigenvalue weighted by atomic mass is 35.5. The molecule has 3 nitrogen and oxygen atoms in total. The van der Waals surface area contributed by atoms with Crippen LogP contribution >= 0.6 is 22.9 Å². The molecule has 2 rings (SSSR count). The summed E-state index contributed by atoms with van der Waals surface area (Å²) in [7, 11) is 0. The predicted octanol–water partition coefficient (Wildman–Crippen LogP) is 3.61. The molecule has 5 heteroatoms. The zero-order valence-electron chi connectivity index (χ0n) is 9.75. The van der Waals surface area contributed by atoms with Gasteiger partial charge in [0.05, 0.1) is 28.5 Å². The number of aryl methyl sites for hydroxylation is 2. The Labute approximate surface area is 110 Å². The van der Waals surface area contributed by atoms with Gasteiger partial charge in [-0.2, -0.15) is 0 Å². The van der Waals surface area contributed by atoms with Crippen molar-refractivity contribution in [1.29, 1.82) is 0 Å². The van der Waals surface area contributed by atoms with Gasteiger partial charge in [0.25, 0.3) is 0 Å². The van der Waals surface area contributed by atoms with Crippen LogP contribution in [0.2, 0.25) is 5.02 Å². The Morgan fingerprint density at radius 2 is 2.18 bits per heavy atom. The standard InChI is InChI=1S/C12H14ClN3S/c1-7-3-10(14)9(13)4-11(7)15-5-12-8(2)16-6-17-12/h3-4,6,15H,5,14H2,1-2H3. The first-order chi connectivity index (χ1) is 8.08. The maximum Gasteiger partial charge on any atom is 0.0798 e. The van der Waals surface area contributed by atoms with Gasteiger partial charge in [-0.1, -0.05) is 11.6 Å². The summed E-state index contributed by atoms with van der Waals surface area (Å²) in [6.45, 7) is 4.78. The van der Waals surface area contributed by atoms with E-state index in [4.69, 9.17) is 17.3 Å². The molecule has 0 bridgehead atoms. The third-order valence-electron chi connectivity index (χ3n) is 2.63. The van der Waals surface area contributed by atoms with Crippen LogP contribution < -0.4 is 11.1 Å². The molecule has 0 aliphatic rings. The van der Waals surface area contributed by atoms with Crippen molar-refractivity contribution in [3.8, 4) is 0 Å². The number of hydrogen-bond donors (Lipinski definition) is 2. The van der Waals surface area contributed by atoms with Gasteiger partial charge >= 0.3 is 0 Å². The third-order valence-corrected chi connectivity index (χ3v) is 3.89. The van der Waals surface area contributed by atoms with Crippen molar-refractivity contribution in [3.05, 3.63) is 38.8 Å². The second-order valence-electron chi connectivity index (χ2n) is 3.90. The van der Waals surface area contributed by atoms with Crippen molar-refractivity contribution in [2.24, 2.45) is 0 Å². The van der Waals surface area contributed by atoms with E-state index in [1.807, 2.05) is 31.5 Å². The lowest BCUT2D eigenvalue weighted by Gasteiger charge is -2.10. The molecular weight excluding hydrogens is 254 g/mol. The largest absolute Gasteiger partial charge is 0.398 e. The summed E-state index contributed by atoms with van der Waals surface area (Å²) < 4.78 is 0. The average Bonchev–Trinajstić information content (AvgIpc) is 2.68. The van der Waals surface area contributed by atoms with Crippen molar-refractivity contribution < 1.29 is 0 Å². The molecule has 0 radical (unpaired) electrons. The van der Waals surface area contributed by atoms with Gasteiger partial charge in [0.15, 0.2) is 0 Å². The number of anilines is 2.